The van der Waals surface area contributed by atoms with Crippen LogP contribution in [0.1, 0.15) is 27.2 Å². The molecule has 1 rings (SSSR count). The van der Waals surface area contributed by atoms with Gasteiger partial charge in [-0.25, -0.2) is 0 Å². The van der Waals surface area contributed by atoms with Crippen LogP contribution in [0.25, 0.3) is 0 Å². The van der Waals surface area contributed by atoms with Crippen molar-refractivity contribution < 1.29 is 9.53 Å². The number of hydrogen-bond donors (Lipinski definition) is 2. The third kappa shape index (κ3) is 4.62. The van der Waals surface area contributed by atoms with Crippen LogP contribution in [-0.4, -0.2) is 37.7 Å². The molecule has 4 nitrogen and oxygen atoms in total. The van der Waals surface area contributed by atoms with Gasteiger partial charge in [0.1, 0.15) is 0 Å². The summed E-state index contributed by atoms with van der Waals surface area (Å²) < 4.78 is 5.47. The monoisotopic (exact) mass is 214 g/mol. The van der Waals surface area contributed by atoms with E-state index in [0.29, 0.717) is 18.9 Å². The van der Waals surface area contributed by atoms with Crippen molar-refractivity contribution in [2.24, 2.45) is 5.92 Å². The van der Waals surface area contributed by atoms with Gasteiger partial charge in [-0.15, -0.1) is 0 Å². The lowest BCUT2D eigenvalue weighted by Crippen LogP contribution is -2.43. The third-order valence-electron chi connectivity index (χ3n) is 2.81. The second-order valence-corrected chi connectivity index (χ2v) is 4.50. The van der Waals surface area contributed by atoms with E-state index in [1.165, 1.54) is 0 Å². The third-order valence-corrected chi connectivity index (χ3v) is 2.81. The molecule has 15 heavy (non-hydrogen) atoms. The van der Waals surface area contributed by atoms with E-state index in [4.69, 9.17) is 4.74 Å². The maximum Gasteiger partial charge on any atom is 0.222 e. The smallest absolute Gasteiger partial charge is 0.222 e. The molecule has 2 N–H and O–H groups in total. The van der Waals surface area contributed by atoms with Crippen LogP contribution in [0.2, 0.25) is 0 Å². The molecule has 0 saturated carbocycles. The first kappa shape index (κ1) is 12.5. The molecular weight excluding hydrogens is 192 g/mol. The molecular formula is C11H22N2O2. The summed E-state index contributed by atoms with van der Waals surface area (Å²) in [6, 6.07) is 0.231. The summed E-state index contributed by atoms with van der Waals surface area (Å²) in [5.41, 5.74) is 0. The first-order chi connectivity index (χ1) is 7.09. The molecule has 1 aliphatic rings. The van der Waals surface area contributed by atoms with Crippen LogP contribution >= 0.6 is 0 Å². The first-order valence-electron chi connectivity index (χ1n) is 5.71. The van der Waals surface area contributed by atoms with Gasteiger partial charge in [-0.1, -0.05) is 13.8 Å². The Morgan fingerprint density at radius 2 is 2.27 bits per heavy atom. The fraction of sp³-hybridized carbons (Fsp3) is 0.909. The minimum atomic E-state index is 0.0399. The van der Waals surface area contributed by atoms with E-state index in [0.717, 1.165) is 13.1 Å². The highest BCUT2D eigenvalue weighted by Gasteiger charge is 2.18. The quantitative estimate of drug-likeness (QED) is 0.717. The Hall–Kier alpha value is -0.610. The van der Waals surface area contributed by atoms with Gasteiger partial charge < -0.3 is 15.4 Å². The highest BCUT2D eigenvalue weighted by atomic mass is 16.5. The molecule has 1 heterocycles. The topological polar surface area (TPSA) is 50.4 Å². The predicted octanol–water partition coefficient (Wildman–Crippen LogP) is 0.526. The Balaban J connectivity index is 2.22. The molecule has 1 aliphatic heterocycles. The summed E-state index contributed by atoms with van der Waals surface area (Å²) in [5.74, 6) is 0.559. The van der Waals surface area contributed by atoms with E-state index in [2.05, 4.69) is 24.5 Å². The number of carbonyl (C=O) groups excluding carboxylic acids is 1. The largest absolute Gasteiger partial charge is 0.375 e. The molecule has 2 atom stereocenters. The lowest BCUT2D eigenvalue weighted by molar-refractivity contribution is -0.125. The van der Waals surface area contributed by atoms with Crippen LogP contribution in [0.4, 0.5) is 0 Å². The maximum atomic E-state index is 11.6. The van der Waals surface area contributed by atoms with Gasteiger partial charge in [-0.05, 0) is 12.8 Å². The summed E-state index contributed by atoms with van der Waals surface area (Å²) >= 11 is 0. The van der Waals surface area contributed by atoms with Gasteiger partial charge in [0.05, 0.1) is 19.1 Å². The van der Waals surface area contributed by atoms with E-state index in [-0.39, 0.29) is 18.1 Å². The molecule has 0 bridgehead atoms. The first-order valence-corrected chi connectivity index (χ1v) is 5.71. The Morgan fingerprint density at radius 3 is 2.80 bits per heavy atom. The number of hydrogen-bond acceptors (Lipinski definition) is 3. The van der Waals surface area contributed by atoms with Crippen LogP contribution < -0.4 is 10.6 Å². The van der Waals surface area contributed by atoms with Crippen LogP contribution in [0, 0.1) is 5.92 Å². The molecule has 1 fully saturated rings. The van der Waals surface area contributed by atoms with Crippen molar-refractivity contribution >= 4 is 5.91 Å². The zero-order chi connectivity index (χ0) is 11.3. The van der Waals surface area contributed by atoms with Crippen LogP contribution in [0.15, 0.2) is 0 Å². The average Bonchev–Trinajstić information content (AvgIpc) is 2.18. The fourth-order valence-electron chi connectivity index (χ4n) is 1.44. The van der Waals surface area contributed by atoms with Gasteiger partial charge in [0.25, 0.3) is 0 Å². The number of carbonyl (C=O) groups is 1. The summed E-state index contributed by atoms with van der Waals surface area (Å²) in [7, 11) is 0. The second kappa shape index (κ2) is 6.08. The highest BCUT2D eigenvalue weighted by Crippen LogP contribution is 2.04. The summed E-state index contributed by atoms with van der Waals surface area (Å²) in [6.45, 7) is 8.61. The van der Waals surface area contributed by atoms with Gasteiger partial charge in [0.2, 0.25) is 5.91 Å². The maximum absolute atomic E-state index is 11.6. The fourth-order valence-corrected chi connectivity index (χ4v) is 1.44. The molecule has 4 heteroatoms. The lowest BCUT2D eigenvalue weighted by Gasteiger charge is -2.24. The van der Waals surface area contributed by atoms with E-state index < -0.39 is 0 Å². The Kier molecular flexibility index (Phi) is 5.05. The van der Waals surface area contributed by atoms with E-state index in [1.54, 1.807) is 0 Å². The normalized spacial score (nSPS) is 23.9. The van der Waals surface area contributed by atoms with Crippen molar-refractivity contribution in [3.63, 3.8) is 0 Å². The molecule has 2 unspecified atom stereocenters. The SMILES string of the molecule is CC(C)C(C)NC(=O)CC1CNCCO1. The Morgan fingerprint density at radius 1 is 1.53 bits per heavy atom. The zero-order valence-corrected chi connectivity index (χ0v) is 9.88. The van der Waals surface area contributed by atoms with Crippen molar-refractivity contribution in [2.45, 2.75) is 39.3 Å². The number of rotatable bonds is 4. The van der Waals surface area contributed by atoms with Gasteiger partial charge >= 0.3 is 0 Å². The van der Waals surface area contributed by atoms with E-state index >= 15 is 0 Å². The molecule has 1 amide bonds. The van der Waals surface area contributed by atoms with Crippen LogP contribution in [0.3, 0.4) is 0 Å². The van der Waals surface area contributed by atoms with Crippen molar-refractivity contribution in [2.75, 3.05) is 19.7 Å². The predicted molar refractivity (Wildman–Crippen MR) is 59.7 cm³/mol. The Bertz CT molecular complexity index is 201. The molecule has 88 valence electrons. The summed E-state index contributed by atoms with van der Waals surface area (Å²) in [4.78, 5) is 11.6. The van der Waals surface area contributed by atoms with Gasteiger partial charge in [-0.2, -0.15) is 0 Å². The van der Waals surface area contributed by atoms with Crippen molar-refractivity contribution in [3.05, 3.63) is 0 Å². The van der Waals surface area contributed by atoms with Crippen molar-refractivity contribution in [1.29, 1.82) is 0 Å². The summed E-state index contributed by atoms with van der Waals surface area (Å²) in [5, 5.41) is 6.19. The van der Waals surface area contributed by atoms with Crippen LogP contribution in [-0.2, 0) is 9.53 Å². The standard InChI is InChI=1S/C11H22N2O2/c1-8(2)9(3)13-11(14)6-10-7-12-4-5-15-10/h8-10,12H,4-7H2,1-3H3,(H,13,14). The van der Waals surface area contributed by atoms with Crippen LogP contribution in [0.5, 0.6) is 0 Å². The van der Waals surface area contributed by atoms with Gasteiger partial charge in [0, 0.05) is 19.1 Å². The minimum Gasteiger partial charge on any atom is -0.375 e. The minimum absolute atomic E-state index is 0.0399. The number of morpholine rings is 1. The number of amides is 1. The van der Waals surface area contributed by atoms with Crippen molar-refractivity contribution in [3.8, 4) is 0 Å². The molecule has 0 spiro atoms. The zero-order valence-electron chi connectivity index (χ0n) is 9.88. The van der Waals surface area contributed by atoms with Crippen molar-refractivity contribution in [1.82, 2.24) is 10.6 Å². The number of nitrogens with one attached hydrogen (secondary N) is 2. The summed E-state index contributed by atoms with van der Waals surface area (Å²) in [6.07, 6.45) is 0.502. The number of ether oxygens (including phenoxy) is 1. The second-order valence-electron chi connectivity index (χ2n) is 4.50. The lowest BCUT2D eigenvalue weighted by atomic mass is 10.1. The molecule has 0 aliphatic carbocycles. The molecule has 0 aromatic heterocycles. The highest BCUT2D eigenvalue weighted by molar-refractivity contribution is 5.76. The molecule has 1 saturated heterocycles. The van der Waals surface area contributed by atoms with E-state index in [1.807, 2.05) is 6.92 Å². The average molecular weight is 214 g/mol. The molecule has 0 aromatic rings. The van der Waals surface area contributed by atoms with Gasteiger partial charge in [-0.3, -0.25) is 4.79 Å². The molecule has 0 aromatic carbocycles. The Labute approximate surface area is 91.8 Å². The van der Waals surface area contributed by atoms with Gasteiger partial charge in [0.15, 0.2) is 0 Å². The molecule has 0 radical (unpaired) electrons. The van der Waals surface area contributed by atoms with E-state index in [9.17, 15) is 4.79 Å².